The molecule has 0 bridgehead atoms. The molecule has 1 heterocycles. The fourth-order valence-electron chi connectivity index (χ4n) is 0.516. The van der Waals surface area contributed by atoms with E-state index in [1.165, 1.54) is 0 Å². The van der Waals surface area contributed by atoms with Crippen molar-refractivity contribution in [2.45, 2.75) is 13.8 Å². The van der Waals surface area contributed by atoms with Gasteiger partial charge in [0.2, 0.25) is 5.56 Å². The maximum absolute atomic E-state index is 10.4. The second kappa shape index (κ2) is 5.06. The van der Waals surface area contributed by atoms with E-state index in [0.717, 1.165) is 18.3 Å². The number of pyridine rings is 1. The Labute approximate surface area is 69.2 Å². The van der Waals surface area contributed by atoms with Crippen LogP contribution in [0.25, 0.3) is 0 Å². The lowest BCUT2D eigenvalue weighted by Crippen LogP contribution is -2.02. The van der Waals surface area contributed by atoms with Gasteiger partial charge in [0.15, 0.2) is 0 Å². The van der Waals surface area contributed by atoms with Gasteiger partial charge in [-0.15, -0.1) is 0 Å². The number of nitrogens with one attached hydrogen (secondary N) is 1. The van der Waals surface area contributed by atoms with Gasteiger partial charge >= 0.3 is 0 Å². The monoisotopic (exact) mass is 170 g/mol. The summed E-state index contributed by atoms with van der Waals surface area (Å²) in [5, 5.41) is 10.00. The third-order valence-electron chi connectivity index (χ3n) is 0.979. The van der Waals surface area contributed by atoms with E-state index in [9.17, 15) is 14.9 Å². The van der Waals surface area contributed by atoms with Crippen molar-refractivity contribution in [2.24, 2.45) is 0 Å². The van der Waals surface area contributed by atoms with Crippen molar-refractivity contribution in [1.82, 2.24) is 4.98 Å². The maximum atomic E-state index is 10.4. The first-order valence-electron chi connectivity index (χ1n) is 3.53. The van der Waals surface area contributed by atoms with Gasteiger partial charge in [-0.2, -0.15) is 0 Å². The van der Waals surface area contributed by atoms with Crippen LogP contribution in [-0.2, 0) is 0 Å². The average molecular weight is 170 g/mol. The first kappa shape index (κ1) is 10.3. The molecule has 0 spiro atoms. The molecule has 0 saturated heterocycles. The van der Waals surface area contributed by atoms with E-state index in [1.54, 1.807) is 0 Å². The van der Waals surface area contributed by atoms with Crippen LogP contribution in [0.5, 0.6) is 0 Å². The van der Waals surface area contributed by atoms with Crippen molar-refractivity contribution in [3.8, 4) is 0 Å². The van der Waals surface area contributed by atoms with Crippen LogP contribution in [0.15, 0.2) is 23.1 Å². The Morgan fingerprint density at radius 2 is 2.00 bits per heavy atom. The summed E-state index contributed by atoms with van der Waals surface area (Å²) < 4.78 is 0. The van der Waals surface area contributed by atoms with Crippen molar-refractivity contribution in [3.05, 3.63) is 38.8 Å². The van der Waals surface area contributed by atoms with E-state index >= 15 is 0 Å². The Bertz CT molecular complexity index is 285. The Kier molecular flexibility index (Phi) is 4.36. The smallest absolute Gasteiger partial charge is 0.285 e. The van der Waals surface area contributed by atoms with E-state index < -0.39 is 4.92 Å². The van der Waals surface area contributed by atoms with Crippen LogP contribution in [0.4, 0.5) is 5.69 Å². The van der Waals surface area contributed by atoms with Crippen LogP contribution < -0.4 is 5.56 Å². The first-order valence-corrected chi connectivity index (χ1v) is 3.53. The molecule has 0 aliphatic rings. The molecule has 5 heteroatoms. The van der Waals surface area contributed by atoms with Crippen LogP contribution in [-0.4, -0.2) is 9.91 Å². The molecule has 5 nitrogen and oxygen atoms in total. The van der Waals surface area contributed by atoms with E-state index in [4.69, 9.17) is 0 Å². The molecule has 1 aromatic heterocycles. The minimum Gasteiger partial charge on any atom is -0.323 e. The van der Waals surface area contributed by atoms with E-state index in [0.29, 0.717) is 0 Å². The van der Waals surface area contributed by atoms with Crippen LogP contribution >= 0.6 is 0 Å². The van der Waals surface area contributed by atoms with Gasteiger partial charge in [-0.25, -0.2) is 0 Å². The molecule has 0 atom stereocenters. The van der Waals surface area contributed by atoms with Crippen LogP contribution in [0.1, 0.15) is 13.8 Å². The molecule has 12 heavy (non-hydrogen) atoms. The molecule has 0 aromatic carbocycles. The van der Waals surface area contributed by atoms with E-state index in [2.05, 4.69) is 4.98 Å². The Morgan fingerprint density at radius 1 is 1.42 bits per heavy atom. The van der Waals surface area contributed by atoms with E-state index in [-0.39, 0.29) is 11.2 Å². The van der Waals surface area contributed by atoms with E-state index in [1.807, 2.05) is 13.8 Å². The van der Waals surface area contributed by atoms with Crippen LogP contribution in [0.3, 0.4) is 0 Å². The summed E-state index contributed by atoms with van der Waals surface area (Å²) in [5.74, 6) is 0. The minimum atomic E-state index is -0.573. The molecule has 0 aliphatic carbocycles. The Morgan fingerprint density at radius 3 is 2.33 bits per heavy atom. The lowest BCUT2D eigenvalue weighted by atomic mass is 10.4. The molecule has 66 valence electrons. The molecular weight excluding hydrogens is 160 g/mol. The zero-order chi connectivity index (χ0) is 9.56. The van der Waals surface area contributed by atoms with Crippen LogP contribution in [0.2, 0.25) is 0 Å². The van der Waals surface area contributed by atoms with Gasteiger partial charge in [-0.1, -0.05) is 13.8 Å². The molecular formula is C7H10N2O3. The third-order valence-corrected chi connectivity index (χ3v) is 0.979. The van der Waals surface area contributed by atoms with Gasteiger partial charge in [0, 0.05) is 12.1 Å². The first-order chi connectivity index (χ1) is 5.70. The Hall–Kier alpha value is -1.65. The summed E-state index contributed by atoms with van der Waals surface area (Å²) in [4.78, 5) is 22.0. The lowest BCUT2D eigenvalue weighted by Gasteiger charge is -1.85. The number of aromatic nitrogens is 1. The topological polar surface area (TPSA) is 76.0 Å². The molecule has 0 fully saturated rings. The van der Waals surface area contributed by atoms with Gasteiger partial charge in [0.25, 0.3) is 5.69 Å². The summed E-state index contributed by atoms with van der Waals surface area (Å²) in [6.07, 6.45) is 1.06. The summed E-state index contributed by atoms with van der Waals surface area (Å²) in [5.41, 5.74) is -0.454. The van der Waals surface area contributed by atoms with Gasteiger partial charge in [-0.05, 0) is 0 Å². The molecule has 0 aliphatic heterocycles. The fraction of sp³-hybridized carbons (Fsp3) is 0.286. The highest BCUT2D eigenvalue weighted by molar-refractivity contribution is 5.23. The second-order valence-corrected chi connectivity index (χ2v) is 1.67. The average Bonchev–Trinajstić information content (AvgIpc) is 2.09. The van der Waals surface area contributed by atoms with Gasteiger partial charge in [0.1, 0.15) is 0 Å². The summed E-state index contributed by atoms with van der Waals surface area (Å²) in [6.45, 7) is 4.00. The van der Waals surface area contributed by atoms with Crippen molar-refractivity contribution >= 4 is 5.69 Å². The number of nitrogens with zero attached hydrogens (tertiary/aromatic N) is 1. The minimum absolute atomic E-state index is 0.111. The molecule has 1 aromatic rings. The number of rotatable bonds is 1. The van der Waals surface area contributed by atoms with Crippen molar-refractivity contribution in [1.29, 1.82) is 0 Å². The van der Waals surface area contributed by atoms with Crippen molar-refractivity contribution < 1.29 is 4.92 Å². The normalized spacial score (nSPS) is 8.17. The van der Waals surface area contributed by atoms with Gasteiger partial charge in [-0.3, -0.25) is 14.9 Å². The summed E-state index contributed by atoms with van der Waals surface area (Å²) in [6, 6.07) is 2.26. The lowest BCUT2D eigenvalue weighted by molar-refractivity contribution is -0.385. The highest BCUT2D eigenvalue weighted by Crippen LogP contribution is 2.02. The largest absolute Gasteiger partial charge is 0.323 e. The van der Waals surface area contributed by atoms with Crippen LogP contribution in [0, 0.1) is 10.1 Å². The molecule has 0 saturated carbocycles. The SMILES string of the molecule is CC.O=c1ccc([N+](=O)[O-])c[nH]1. The standard InChI is InChI=1S/C5H4N2O3.C2H6/c8-5-2-1-4(3-6-5)7(9)10;1-2/h1-3H,(H,6,8);1-2H3. The summed E-state index contributed by atoms with van der Waals surface area (Å²) >= 11 is 0. The summed E-state index contributed by atoms with van der Waals surface area (Å²) in [7, 11) is 0. The Balaban J connectivity index is 0.000000561. The zero-order valence-electron chi connectivity index (χ0n) is 6.90. The highest BCUT2D eigenvalue weighted by atomic mass is 16.6. The molecule has 1 N–H and O–H groups in total. The molecule has 0 amide bonds. The second-order valence-electron chi connectivity index (χ2n) is 1.67. The zero-order valence-corrected chi connectivity index (χ0v) is 6.90. The number of aromatic amines is 1. The number of nitro groups is 1. The predicted molar refractivity (Wildman–Crippen MR) is 45.1 cm³/mol. The van der Waals surface area contributed by atoms with Gasteiger partial charge in [0.05, 0.1) is 11.1 Å². The highest BCUT2D eigenvalue weighted by Gasteiger charge is 2.01. The van der Waals surface area contributed by atoms with Gasteiger partial charge < -0.3 is 4.98 Å². The van der Waals surface area contributed by atoms with Crippen molar-refractivity contribution in [2.75, 3.05) is 0 Å². The molecule has 1 rings (SSSR count). The molecule has 0 unspecified atom stereocenters. The fourth-order valence-corrected chi connectivity index (χ4v) is 0.516. The van der Waals surface area contributed by atoms with Crippen molar-refractivity contribution in [3.63, 3.8) is 0 Å². The predicted octanol–water partition coefficient (Wildman–Crippen LogP) is 1.31. The number of hydrogen-bond donors (Lipinski definition) is 1. The number of H-pyrrole nitrogens is 1. The third kappa shape index (κ3) is 2.96. The quantitative estimate of drug-likeness (QED) is 0.510. The number of hydrogen-bond acceptors (Lipinski definition) is 3. The maximum Gasteiger partial charge on any atom is 0.285 e. The molecule has 0 radical (unpaired) electrons.